The fourth-order valence-electron chi connectivity index (χ4n) is 18.2. The van der Waals surface area contributed by atoms with Gasteiger partial charge in [0.2, 0.25) is 11.9 Å². The zero-order chi connectivity index (χ0) is 97.7. The van der Waals surface area contributed by atoms with Crippen molar-refractivity contribution in [1.82, 2.24) is 113 Å². The number of hydrogen-bond acceptors (Lipinski definition) is 24. The Morgan fingerprint density at radius 2 is 0.718 bits per heavy atom. The first kappa shape index (κ1) is 94.9. The molecule has 23 rings (SSSR count). The third-order valence-electron chi connectivity index (χ3n) is 25.9. The first-order valence-electron chi connectivity index (χ1n) is 48.6. The lowest BCUT2D eigenvalue weighted by molar-refractivity contribution is 0.0904. The number of piperidine rings is 2. The van der Waals surface area contributed by atoms with Gasteiger partial charge in [-0.2, -0.15) is 0 Å². The predicted molar refractivity (Wildman–Crippen MR) is 564 cm³/mol. The van der Waals surface area contributed by atoms with Gasteiger partial charge in [0.25, 0.3) is 0 Å². The minimum absolute atomic E-state index is 0.282. The van der Waals surface area contributed by atoms with Gasteiger partial charge in [0.1, 0.15) is 58.2 Å². The van der Waals surface area contributed by atoms with E-state index < -0.39 is 0 Å². The van der Waals surface area contributed by atoms with E-state index in [-0.39, 0.29) is 5.82 Å². The summed E-state index contributed by atoms with van der Waals surface area (Å²) < 4.78 is 30.6. The molecule has 0 saturated carbocycles. The van der Waals surface area contributed by atoms with Crippen LogP contribution in [0.2, 0.25) is 5.02 Å². The van der Waals surface area contributed by atoms with Crippen LogP contribution in [0.4, 0.5) is 33.7 Å². The van der Waals surface area contributed by atoms with E-state index in [2.05, 4.69) is 216 Å². The maximum absolute atomic E-state index is 15.0. The van der Waals surface area contributed by atoms with E-state index in [4.69, 9.17) is 51.2 Å². The van der Waals surface area contributed by atoms with Gasteiger partial charge in [0.05, 0.1) is 103 Å². The summed E-state index contributed by atoms with van der Waals surface area (Å²) in [6.45, 7) is 30.0. The Bertz CT molecular complexity index is 7540. The number of aryl methyl sites for hydroxylation is 6. The zero-order valence-corrected chi connectivity index (χ0v) is 82.2. The van der Waals surface area contributed by atoms with Gasteiger partial charge in [-0.3, -0.25) is 47.8 Å². The molecule has 0 spiro atoms. The molecular formula is C111H112ClFN28O. The smallest absolute Gasteiger partial charge is 0.225 e. The number of fused-ring (bicyclic) bond motifs is 5. The molecule has 716 valence electrons. The number of aromatic nitrogens is 23. The Balaban J connectivity index is 0.000000113. The summed E-state index contributed by atoms with van der Waals surface area (Å²) in [6, 6.07) is 52.3. The van der Waals surface area contributed by atoms with Gasteiger partial charge in [0, 0.05) is 191 Å². The van der Waals surface area contributed by atoms with E-state index in [9.17, 15) is 4.39 Å². The van der Waals surface area contributed by atoms with Crippen molar-refractivity contribution < 1.29 is 9.13 Å². The summed E-state index contributed by atoms with van der Waals surface area (Å²) in [4.78, 5) is 91.6. The largest absolute Gasteiger partial charge is 0.381 e. The van der Waals surface area contributed by atoms with E-state index in [1.165, 1.54) is 55.2 Å². The molecule has 0 bridgehead atoms. The molecule has 0 radical (unpaired) electrons. The maximum Gasteiger partial charge on any atom is 0.225 e. The van der Waals surface area contributed by atoms with Crippen LogP contribution in [0.15, 0.2) is 269 Å². The van der Waals surface area contributed by atoms with E-state index in [1.807, 2.05) is 170 Å². The fourth-order valence-corrected chi connectivity index (χ4v) is 18.3. The first-order valence-corrected chi connectivity index (χ1v) is 49.0. The van der Waals surface area contributed by atoms with Crippen LogP contribution >= 0.6 is 11.6 Å². The molecular weight excluding hydrogens is 1800 g/mol. The SMILES string of the molecule is CCN(CC)c1ncc(-c2nc3ccncc3n2-c2ccc(C)cc2)cn1.CCN(CC)c1ncc(-c2nc3ccncc3n2-c2ccc(C)cn2)cn1.Cc1cc(N2CCCCC2)ncc1-c1nc2ccncc2n1-c1ccc(Cl)cc1.Cc1ccc(-n2c(-c3ccc(NC4CCOCC4)nc3)nc3ccncc32)cc1.Cc1ccc(-n2c(-c3cnc(N4CCCCC4)cc3C)nc3ccncc32)c(F)c1. The third-order valence-corrected chi connectivity index (χ3v) is 26.2. The van der Waals surface area contributed by atoms with Crippen LogP contribution in [0.5, 0.6) is 0 Å². The molecule has 20 aromatic rings. The second-order valence-corrected chi connectivity index (χ2v) is 36.1. The minimum Gasteiger partial charge on any atom is -0.381 e. The van der Waals surface area contributed by atoms with Gasteiger partial charge in [-0.15, -0.1) is 0 Å². The van der Waals surface area contributed by atoms with Crippen LogP contribution in [0, 0.1) is 47.4 Å². The van der Waals surface area contributed by atoms with Crippen LogP contribution in [0.3, 0.4) is 0 Å². The highest BCUT2D eigenvalue weighted by Gasteiger charge is 2.27. The van der Waals surface area contributed by atoms with Crippen LogP contribution in [-0.4, -0.2) is 184 Å². The number of nitrogens with one attached hydrogen (secondary N) is 1. The number of benzene rings is 4. The molecule has 142 heavy (non-hydrogen) atoms. The van der Waals surface area contributed by atoms with Crippen molar-refractivity contribution in [3.63, 3.8) is 0 Å². The molecule has 3 aliphatic rings. The molecule has 16 aromatic heterocycles. The van der Waals surface area contributed by atoms with E-state index >= 15 is 0 Å². The molecule has 31 heteroatoms. The molecule has 1 N–H and O–H groups in total. The molecule has 3 saturated heterocycles. The number of nitrogens with zero attached hydrogens (tertiary/aromatic N) is 27. The Morgan fingerprint density at radius 1 is 0.345 bits per heavy atom. The standard InChI is InChI=1S/C24H24FN5.C23H22ClN5.C23H23N5O.C21H22N6.C20H21N7/c1-16-6-7-21(19(25)12-16)30-22-15-26-9-8-20(22)28-24(30)18-14-27-23(13-17(18)2)29-10-4-3-5-11-29;1-16-13-22(28-11-3-2-4-12-28)26-14-19(16)23-27-20-9-10-25-15-21(20)29(23)18-7-5-17(24)6-8-18;1-16-2-5-19(6-3-16)28-21-15-24-11-8-20(21)27-23(28)17-4-7-22(25-14-17)26-18-9-12-29-13-10-18;1-4-26(5-2)21-23-12-16(13-24-21)20-25-18-10-11-22-14-19(18)27(20)17-8-6-15(3)7-9-17;1-4-26(5-2)20-23-11-15(12-24-20)19-25-16-8-9-21-13-17(16)27(19)18-7-6-14(3)10-22-18/h6-9,12-15H,3-5,10-11H2,1-2H3;5-10,13-15H,2-4,11-12H2,1H3;2-8,11,14-15,18H,9-10,12-13H2,1H3,(H,25,26);6-14H,4-5H2,1-3H3;6-13H,4-5H2,1-3H3. The van der Waals surface area contributed by atoms with Crippen LogP contribution < -0.4 is 24.9 Å². The molecule has 4 aromatic carbocycles. The van der Waals surface area contributed by atoms with Crippen molar-refractivity contribution in [1.29, 1.82) is 0 Å². The summed E-state index contributed by atoms with van der Waals surface area (Å²) in [5, 5.41) is 4.22. The maximum atomic E-state index is 15.0. The Hall–Kier alpha value is -16.1. The number of rotatable bonds is 20. The van der Waals surface area contributed by atoms with Gasteiger partial charge >= 0.3 is 0 Å². The van der Waals surface area contributed by atoms with Crippen molar-refractivity contribution in [3.05, 3.63) is 313 Å². The second kappa shape index (κ2) is 43.5. The molecule has 19 heterocycles. The molecule has 29 nitrogen and oxygen atoms in total. The Morgan fingerprint density at radius 3 is 1.13 bits per heavy atom. The van der Waals surface area contributed by atoms with E-state index in [0.29, 0.717) is 22.6 Å². The van der Waals surface area contributed by atoms with Crippen LogP contribution in [-0.2, 0) is 4.74 Å². The topological polar surface area (TPSA) is 291 Å². The van der Waals surface area contributed by atoms with Crippen molar-refractivity contribution in [2.45, 2.75) is 127 Å². The first-order chi connectivity index (χ1) is 69.5. The fraction of sp³-hybridized carbons (Fsp3) is 0.261. The van der Waals surface area contributed by atoms with Gasteiger partial charge in [-0.1, -0.05) is 59.1 Å². The molecule has 0 amide bonds. The number of ether oxygens (including phenoxy) is 1. The Kier molecular flexibility index (Phi) is 29.1. The number of halogens is 2. The molecule has 3 aliphatic heterocycles. The van der Waals surface area contributed by atoms with Crippen molar-refractivity contribution in [3.8, 4) is 85.5 Å². The zero-order valence-electron chi connectivity index (χ0n) is 81.4. The number of anilines is 5. The summed E-state index contributed by atoms with van der Waals surface area (Å²) in [5.74, 6) is 8.89. The average molecular weight is 1910 g/mol. The summed E-state index contributed by atoms with van der Waals surface area (Å²) in [5.41, 5.74) is 23.8. The highest BCUT2D eigenvalue weighted by atomic mass is 35.5. The lowest BCUT2D eigenvalue weighted by Gasteiger charge is -2.28. The molecule has 0 atom stereocenters. The normalized spacial score (nSPS) is 13.3. The van der Waals surface area contributed by atoms with Gasteiger partial charge in [-0.05, 0) is 264 Å². The van der Waals surface area contributed by atoms with Gasteiger partial charge in [-0.25, -0.2) is 69.2 Å². The second-order valence-electron chi connectivity index (χ2n) is 35.6. The summed E-state index contributed by atoms with van der Waals surface area (Å²) in [6.07, 6.45) is 42.3. The van der Waals surface area contributed by atoms with Crippen molar-refractivity contribution in [2.24, 2.45) is 0 Å². The predicted octanol–water partition coefficient (Wildman–Crippen LogP) is 22.5. The monoisotopic (exact) mass is 1910 g/mol. The van der Waals surface area contributed by atoms with Crippen molar-refractivity contribution in [2.75, 3.05) is 90.5 Å². The van der Waals surface area contributed by atoms with Gasteiger partial charge < -0.3 is 29.7 Å². The summed E-state index contributed by atoms with van der Waals surface area (Å²) in [7, 11) is 0. The third kappa shape index (κ3) is 20.8. The minimum atomic E-state index is -0.282. The van der Waals surface area contributed by atoms with Gasteiger partial charge in [0.15, 0.2) is 0 Å². The number of pyridine rings is 9. The molecule has 0 aliphatic carbocycles. The lowest BCUT2D eigenvalue weighted by Crippen LogP contribution is -2.30. The average Bonchev–Trinajstić information content (AvgIpc) is 1.57. The number of hydrogen-bond donors (Lipinski definition) is 1. The Labute approximate surface area is 828 Å². The highest BCUT2D eigenvalue weighted by Crippen LogP contribution is 2.38. The molecule has 0 unspecified atom stereocenters. The van der Waals surface area contributed by atoms with Crippen LogP contribution in [0.25, 0.3) is 141 Å². The lowest BCUT2D eigenvalue weighted by atomic mass is 10.1. The number of imidazole rings is 5. The highest BCUT2D eigenvalue weighted by molar-refractivity contribution is 6.30. The van der Waals surface area contributed by atoms with Crippen LogP contribution in [0.1, 0.15) is 112 Å². The van der Waals surface area contributed by atoms with E-state index in [1.54, 1.807) is 55.5 Å². The summed E-state index contributed by atoms with van der Waals surface area (Å²) >= 11 is 6.11. The quantitative estimate of drug-likeness (QED) is 0.0741. The van der Waals surface area contributed by atoms with E-state index in [0.717, 1.165) is 254 Å². The molecule has 3 fully saturated rings. The van der Waals surface area contributed by atoms with Crippen molar-refractivity contribution >= 4 is 96.1 Å².